The molecule has 2 aliphatic heterocycles. The second kappa shape index (κ2) is 8.97. The van der Waals surface area contributed by atoms with E-state index in [1.54, 1.807) is 6.20 Å². The first-order chi connectivity index (χ1) is 15.8. The molecule has 1 atom stereocenters. The van der Waals surface area contributed by atoms with E-state index in [9.17, 15) is 13.2 Å². The smallest absolute Gasteiger partial charge is 0.410 e. The van der Waals surface area contributed by atoms with E-state index in [0.29, 0.717) is 5.92 Å². The van der Waals surface area contributed by atoms with Gasteiger partial charge in [0.2, 0.25) is 0 Å². The van der Waals surface area contributed by atoms with Gasteiger partial charge in [-0.25, -0.2) is 13.2 Å². The van der Waals surface area contributed by atoms with Crippen molar-refractivity contribution in [3.63, 3.8) is 0 Å². The van der Waals surface area contributed by atoms with Gasteiger partial charge in [-0.1, -0.05) is 24.3 Å². The van der Waals surface area contributed by atoms with E-state index < -0.39 is 9.84 Å². The number of benzene rings is 1. The molecular formula is C25H30N2O5S. The molecule has 1 aromatic heterocycles. The highest BCUT2D eigenvalue weighted by molar-refractivity contribution is 7.89. The number of hydrogen-bond donors (Lipinski definition) is 0. The van der Waals surface area contributed by atoms with Gasteiger partial charge >= 0.3 is 6.09 Å². The maximum atomic E-state index is 12.3. The van der Waals surface area contributed by atoms with Crippen LogP contribution in [0.25, 0.3) is 11.3 Å². The van der Waals surface area contributed by atoms with Gasteiger partial charge in [-0.2, -0.15) is 0 Å². The standard InChI is InChI=1S/C25H30N2O5S/c1-33(29,30)16-17-5-7-18(8-6-17)22-13-20-14-23(32-24(20)15-26-22)19-9-11-27(12-10-19)25(28)31-21-3-2-4-21/h5-8,13,15,19,21,23H,2-4,9-12,14,16H2,1H3. The molecule has 0 bridgehead atoms. The van der Waals surface area contributed by atoms with E-state index in [0.717, 1.165) is 79.7 Å². The maximum Gasteiger partial charge on any atom is 0.410 e. The lowest BCUT2D eigenvalue weighted by molar-refractivity contribution is 0.0146. The van der Waals surface area contributed by atoms with Crippen molar-refractivity contribution >= 4 is 15.9 Å². The fraction of sp³-hybridized carbons (Fsp3) is 0.520. The van der Waals surface area contributed by atoms with Crippen LogP contribution in [0.3, 0.4) is 0 Å². The molecule has 1 aromatic carbocycles. The first kappa shape index (κ1) is 22.2. The molecule has 1 unspecified atom stereocenters. The summed E-state index contributed by atoms with van der Waals surface area (Å²) in [5, 5.41) is 0. The molecular weight excluding hydrogens is 440 g/mol. The highest BCUT2D eigenvalue weighted by atomic mass is 32.2. The number of sulfone groups is 1. The molecule has 2 fully saturated rings. The van der Waals surface area contributed by atoms with E-state index in [1.807, 2.05) is 29.2 Å². The molecule has 3 aliphatic rings. The van der Waals surface area contributed by atoms with Gasteiger partial charge in [0.25, 0.3) is 0 Å². The summed E-state index contributed by atoms with van der Waals surface area (Å²) in [5.41, 5.74) is 3.74. The average Bonchev–Trinajstić information content (AvgIpc) is 3.19. The Hall–Kier alpha value is -2.61. The van der Waals surface area contributed by atoms with Gasteiger partial charge in [0.05, 0.1) is 17.6 Å². The zero-order valence-electron chi connectivity index (χ0n) is 18.9. The van der Waals surface area contributed by atoms with Crippen LogP contribution in [0.15, 0.2) is 36.5 Å². The van der Waals surface area contributed by atoms with Gasteiger partial charge in [0, 0.05) is 36.9 Å². The first-order valence-corrected chi connectivity index (χ1v) is 13.8. The SMILES string of the molecule is CS(=O)(=O)Cc1ccc(-c2cc3c(cn2)OC(C2CCN(C(=O)OC4CCC4)CC2)C3)cc1. The molecule has 3 heterocycles. The molecule has 8 heteroatoms. The lowest BCUT2D eigenvalue weighted by Crippen LogP contribution is -2.44. The predicted molar refractivity (Wildman–Crippen MR) is 125 cm³/mol. The number of fused-ring (bicyclic) bond motifs is 1. The van der Waals surface area contributed by atoms with E-state index in [1.165, 1.54) is 6.26 Å². The van der Waals surface area contributed by atoms with Crippen LogP contribution in [-0.4, -0.2) is 55.9 Å². The molecule has 0 radical (unpaired) electrons. The number of nitrogens with zero attached hydrogens (tertiary/aromatic N) is 2. The van der Waals surface area contributed by atoms with Crippen LogP contribution < -0.4 is 4.74 Å². The summed E-state index contributed by atoms with van der Waals surface area (Å²) in [5.74, 6) is 1.28. The molecule has 1 amide bonds. The molecule has 1 saturated carbocycles. The summed E-state index contributed by atoms with van der Waals surface area (Å²) in [6.07, 6.45) is 8.93. The number of carbonyl (C=O) groups excluding carboxylic acids is 1. The Bertz CT molecular complexity index is 1120. The minimum Gasteiger partial charge on any atom is -0.488 e. The Kier molecular flexibility index (Phi) is 6.03. The van der Waals surface area contributed by atoms with Crippen molar-refractivity contribution in [2.75, 3.05) is 19.3 Å². The quantitative estimate of drug-likeness (QED) is 0.657. The number of likely N-dealkylation sites (tertiary alicyclic amines) is 1. The number of rotatable bonds is 5. The fourth-order valence-corrected chi connectivity index (χ4v) is 5.62. The van der Waals surface area contributed by atoms with Crippen molar-refractivity contribution in [1.29, 1.82) is 0 Å². The normalized spacial score (nSPS) is 21.2. The lowest BCUT2D eigenvalue weighted by Gasteiger charge is -2.35. The van der Waals surface area contributed by atoms with Gasteiger partial charge in [0.1, 0.15) is 18.0 Å². The van der Waals surface area contributed by atoms with Crippen LogP contribution in [-0.2, 0) is 26.7 Å². The monoisotopic (exact) mass is 470 g/mol. The Balaban J connectivity index is 1.18. The summed E-state index contributed by atoms with van der Waals surface area (Å²) in [7, 11) is -3.05. The molecule has 176 valence electrons. The number of ether oxygens (including phenoxy) is 2. The topological polar surface area (TPSA) is 85.8 Å². The number of piperidine rings is 1. The molecule has 1 aliphatic carbocycles. The summed E-state index contributed by atoms with van der Waals surface area (Å²) in [6, 6.07) is 9.59. The summed E-state index contributed by atoms with van der Waals surface area (Å²) >= 11 is 0. The third kappa shape index (κ3) is 5.16. The van der Waals surface area contributed by atoms with Crippen molar-refractivity contribution in [3.05, 3.63) is 47.7 Å². The maximum absolute atomic E-state index is 12.3. The Morgan fingerprint density at radius 1 is 1.15 bits per heavy atom. The van der Waals surface area contributed by atoms with Gasteiger partial charge in [0.15, 0.2) is 9.84 Å². The molecule has 5 rings (SSSR count). The lowest BCUT2D eigenvalue weighted by atomic mass is 9.89. The largest absolute Gasteiger partial charge is 0.488 e. The number of pyridine rings is 1. The van der Waals surface area contributed by atoms with Crippen molar-refractivity contribution < 1.29 is 22.7 Å². The number of aromatic nitrogens is 1. The van der Waals surface area contributed by atoms with E-state index in [4.69, 9.17) is 9.47 Å². The van der Waals surface area contributed by atoms with Crippen LogP contribution in [0.5, 0.6) is 5.75 Å². The van der Waals surface area contributed by atoms with Crippen LogP contribution >= 0.6 is 0 Å². The van der Waals surface area contributed by atoms with Gasteiger partial charge < -0.3 is 14.4 Å². The van der Waals surface area contributed by atoms with Crippen LogP contribution in [0.1, 0.15) is 43.2 Å². The minimum atomic E-state index is -3.05. The van der Waals surface area contributed by atoms with Gasteiger partial charge in [-0.3, -0.25) is 4.98 Å². The Morgan fingerprint density at radius 3 is 2.52 bits per heavy atom. The number of amides is 1. The first-order valence-electron chi connectivity index (χ1n) is 11.7. The van der Waals surface area contributed by atoms with E-state index in [-0.39, 0.29) is 24.1 Å². The van der Waals surface area contributed by atoms with Gasteiger partial charge in [-0.05, 0) is 49.7 Å². The molecule has 0 N–H and O–H groups in total. The van der Waals surface area contributed by atoms with Crippen LogP contribution in [0, 0.1) is 5.92 Å². The second-order valence-electron chi connectivity index (χ2n) is 9.57. The zero-order valence-corrected chi connectivity index (χ0v) is 19.7. The van der Waals surface area contributed by atoms with Crippen molar-refractivity contribution in [1.82, 2.24) is 9.88 Å². The summed E-state index contributed by atoms with van der Waals surface area (Å²) in [4.78, 5) is 18.7. The number of hydrogen-bond acceptors (Lipinski definition) is 6. The fourth-order valence-electron chi connectivity index (χ4n) is 4.83. The van der Waals surface area contributed by atoms with Crippen molar-refractivity contribution in [2.24, 2.45) is 5.92 Å². The molecule has 1 saturated heterocycles. The highest BCUT2D eigenvalue weighted by Crippen LogP contribution is 2.37. The van der Waals surface area contributed by atoms with Crippen molar-refractivity contribution in [2.45, 2.75) is 56.5 Å². The third-order valence-corrected chi connectivity index (χ3v) is 7.83. The summed E-state index contributed by atoms with van der Waals surface area (Å²) < 4.78 is 34.8. The van der Waals surface area contributed by atoms with Crippen LogP contribution in [0.4, 0.5) is 4.79 Å². The molecule has 0 spiro atoms. The highest BCUT2D eigenvalue weighted by Gasteiger charge is 2.35. The molecule has 7 nitrogen and oxygen atoms in total. The van der Waals surface area contributed by atoms with Gasteiger partial charge in [-0.15, -0.1) is 0 Å². The van der Waals surface area contributed by atoms with Crippen LogP contribution in [0.2, 0.25) is 0 Å². The summed E-state index contributed by atoms with van der Waals surface area (Å²) in [6.45, 7) is 1.44. The van der Waals surface area contributed by atoms with E-state index in [2.05, 4.69) is 11.1 Å². The predicted octanol–water partition coefficient (Wildman–Crippen LogP) is 4.00. The minimum absolute atomic E-state index is 0.0392. The second-order valence-corrected chi connectivity index (χ2v) is 11.7. The average molecular weight is 471 g/mol. The third-order valence-electron chi connectivity index (χ3n) is 6.97. The Labute approximate surface area is 195 Å². The zero-order chi connectivity index (χ0) is 23.0. The van der Waals surface area contributed by atoms with E-state index >= 15 is 0 Å². The molecule has 33 heavy (non-hydrogen) atoms. The van der Waals surface area contributed by atoms with Crippen molar-refractivity contribution in [3.8, 4) is 17.0 Å². The Morgan fingerprint density at radius 2 is 1.88 bits per heavy atom. The number of carbonyl (C=O) groups is 1. The molecule has 2 aromatic rings.